The molecule has 0 spiro atoms. The molecule has 2 fully saturated rings. The van der Waals surface area contributed by atoms with Gasteiger partial charge in [-0.3, -0.25) is 4.79 Å². The highest BCUT2D eigenvalue weighted by Gasteiger charge is 2.37. The summed E-state index contributed by atoms with van der Waals surface area (Å²) in [6.45, 7) is 5.60. The number of ketones is 1. The maximum Gasteiger partial charge on any atom is 0.167 e. The number of rotatable bonds is 4. The van der Waals surface area contributed by atoms with Crippen LogP contribution < -0.4 is 4.90 Å². The summed E-state index contributed by atoms with van der Waals surface area (Å²) in [5.41, 5.74) is 5.30. The Morgan fingerprint density at radius 1 is 0.781 bits per heavy atom. The molecular weight excluding hydrogens is 392 g/mol. The second-order valence-electron chi connectivity index (χ2n) is 10.0. The summed E-state index contributed by atoms with van der Waals surface area (Å²) in [6, 6.07) is 22.0. The van der Waals surface area contributed by atoms with E-state index in [-0.39, 0.29) is 5.78 Å². The SMILES string of the molecule is O=C1Cc2ccc(N3CCCN(CC4(c5ccccc5)CCCC4)CC3)c3cccc1c23. The molecule has 3 nitrogen and oxygen atoms in total. The first-order valence-electron chi connectivity index (χ1n) is 12.3. The standard InChI is InChI=1S/C29H32N2O/c32-27-20-22-12-13-26(24-10-6-11-25(27)28(22)24)31-17-7-16-30(18-19-31)21-29(14-4-5-15-29)23-8-2-1-3-9-23/h1-3,6,8-13H,4-5,7,14-21H2. The molecule has 164 valence electrons. The predicted molar refractivity (Wildman–Crippen MR) is 132 cm³/mol. The number of Topliss-reactive ketones (excluding diaryl/α,β-unsaturated/α-hetero) is 1. The summed E-state index contributed by atoms with van der Waals surface area (Å²) in [4.78, 5) is 17.7. The van der Waals surface area contributed by atoms with Gasteiger partial charge in [0.1, 0.15) is 0 Å². The third kappa shape index (κ3) is 3.34. The van der Waals surface area contributed by atoms with Crippen molar-refractivity contribution in [2.45, 2.75) is 43.9 Å². The Kier molecular flexibility index (Phi) is 5.02. The minimum absolute atomic E-state index is 0.271. The Hall–Kier alpha value is -2.65. The molecule has 6 rings (SSSR count). The molecule has 1 saturated carbocycles. The molecule has 32 heavy (non-hydrogen) atoms. The number of hydrogen-bond donors (Lipinski definition) is 0. The molecule has 1 heterocycles. The van der Waals surface area contributed by atoms with Crippen molar-refractivity contribution in [3.05, 3.63) is 77.4 Å². The Balaban J connectivity index is 1.24. The number of nitrogens with zero attached hydrogens (tertiary/aromatic N) is 2. The lowest BCUT2D eigenvalue weighted by atomic mass is 9.78. The van der Waals surface area contributed by atoms with E-state index in [4.69, 9.17) is 0 Å². The van der Waals surface area contributed by atoms with Gasteiger partial charge in [0.15, 0.2) is 5.78 Å². The smallest absolute Gasteiger partial charge is 0.167 e. The first-order valence-corrected chi connectivity index (χ1v) is 12.3. The van der Waals surface area contributed by atoms with Crippen LogP contribution in [0.4, 0.5) is 5.69 Å². The van der Waals surface area contributed by atoms with Gasteiger partial charge in [-0.2, -0.15) is 0 Å². The van der Waals surface area contributed by atoms with Gasteiger partial charge >= 0.3 is 0 Å². The number of carbonyl (C=O) groups is 1. The monoisotopic (exact) mass is 424 g/mol. The van der Waals surface area contributed by atoms with Crippen LogP contribution in [0, 0.1) is 0 Å². The van der Waals surface area contributed by atoms with Crippen LogP contribution >= 0.6 is 0 Å². The largest absolute Gasteiger partial charge is 0.370 e. The summed E-state index contributed by atoms with van der Waals surface area (Å²) < 4.78 is 0. The Morgan fingerprint density at radius 2 is 1.62 bits per heavy atom. The third-order valence-corrected chi connectivity index (χ3v) is 8.16. The van der Waals surface area contributed by atoms with Crippen LogP contribution in [0.15, 0.2) is 60.7 Å². The fourth-order valence-electron chi connectivity index (χ4n) is 6.57. The van der Waals surface area contributed by atoms with E-state index in [0.717, 1.165) is 25.2 Å². The Morgan fingerprint density at radius 3 is 2.47 bits per heavy atom. The van der Waals surface area contributed by atoms with Crippen LogP contribution in [0.5, 0.6) is 0 Å². The Labute approximate surface area is 191 Å². The molecule has 3 heteroatoms. The molecule has 1 saturated heterocycles. The van der Waals surface area contributed by atoms with Gasteiger partial charge in [0.05, 0.1) is 0 Å². The lowest BCUT2D eigenvalue weighted by Gasteiger charge is -2.35. The van der Waals surface area contributed by atoms with Crippen molar-refractivity contribution in [2.75, 3.05) is 37.6 Å². The topological polar surface area (TPSA) is 23.6 Å². The zero-order valence-corrected chi connectivity index (χ0v) is 18.9. The minimum atomic E-state index is 0.271. The fourth-order valence-corrected chi connectivity index (χ4v) is 6.57. The van der Waals surface area contributed by atoms with Crippen LogP contribution in [0.1, 0.15) is 53.6 Å². The number of carbonyl (C=O) groups excluding carboxylic acids is 1. The molecule has 2 aliphatic carbocycles. The number of benzene rings is 3. The van der Waals surface area contributed by atoms with Gasteiger partial charge in [0.2, 0.25) is 0 Å². The molecule has 0 amide bonds. The molecule has 0 atom stereocenters. The van der Waals surface area contributed by atoms with Crippen LogP contribution in [0.3, 0.4) is 0 Å². The molecule has 3 aromatic rings. The zero-order chi connectivity index (χ0) is 21.5. The van der Waals surface area contributed by atoms with Crippen LogP contribution in [0.2, 0.25) is 0 Å². The van der Waals surface area contributed by atoms with Gasteiger partial charge in [0, 0.05) is 54.7 Å². The quantitative estimate of drug-likeness (QED) is 0.544. The first-order chi connectivity index (χ1) is 15.7. The molecule has 0 aromatic heterocycles. The third-order valence-electron chi connectivity index (χ3n) is 8.16. The highest BCUT2D eigenvalue weighted by molar-refractivity contribution is 6.17. The van der Waals surface area contributed by atoms with Crippen molar-refractivity contribution < 1.29 is 4.79 Å². The zero-order valence-electron chi connectivity index (χ0n) is 18.9. The molecule has 0 radical (unpaired) electrons. The molecule has 0 N–H and O–H groups in total. The van der Waals surface area contributed by atoms with E-state index in [1.165, 1.54) is 72.8 Å². The van der Waals surface area contributed by atoms with E-state index in [1.807, 2.05) is 6.07 Å². The Bertz CT molecular complexity index is 1150. The van der Waals surface area contributed by atoms with Crippen molar-refractivity contribution in [1.82, 2.24) is 4.90 Å². The van der Waals surface area contributed by atoms with Gasteiger partial charge in [-0.15, -0.1) is 0 Å². The summed E-state index contributed by atoms with van der Waals surface area (Å²) in [7, 11) is 0. The lowest BCUT2D eigenvalue weighted by molar-refractivity contribution is 0.1000. The van der Waals surface area contributed by atoms with Crippen LogP contribution in [0.25, 0.3) is 10.8 Å². The van der Waals surface area contributed by atoms with E-state index in [9.17, 15) is 4.79 Å². The minimum Gasteiger partial charge on any atom is -0.370 e. The number of anilines is 1. The second kappa shape index (κ2) is 8.04. The molecule has 3 aromatic carbocycles. The maximum atomic E-state index is 12.4. The molecule has 3 aliphatic rings. The summed E-state index contributed by atoms with van der Waals surface area (Å²) in [6.07, 6.45) is 7.10. The van der Waals surface area contributed by atoms with Crippen molar-refractivity contribution in [2.24, 2.45) is 0 Å². The van der Waals surface area contributed by atoms with Crippen molar-refractivity contribution in [3.63, 3.8) is 0 Å². The van der Waals surface area contributed by atoms with E-state index < -0.39 is 0 Å². The molecular formula is C29H32N2O. The normalized spacial score (nSPS) is 20.8. The highest BCUT2D eigenvalue weighted by Crippen LogP contribution is 2.42. The average molecular weight is 425 g/mol. The van der Waals surface area contributed by atoms with Crippen molar-refractivity contribution >= 4 is 22.2 Å². The fraction of sp³-hybridized carbons (Fsp3) is 0.414. The molecule has 1 aliphatic heterocycles. The lowest BCUT2D eigenvalue weighted by Crippen LogP contribution is -2.41. The van der Waals surface area contributed by atoms with Crippen molar-refractivity contribution in [1.29, 1.82) is 0 Å². The maximum absolute atomic E-state index is 12.4. The van der Waals surface area contributed by atoms with Gasteiger partial charge < -0.3 is 9.80 Å². The van der Waals surface area contributed by atoms with Gasteiger partial charge in [-0.05, 0) is 48.4 Å². The summed E-state index contributed by atoms with van der Waals surface area (Å²) >= 11 is 0. The van der Waals surface area contributed by atoms with E-state index in [1.54, 1.807) is 0 Å². The predicted octanol–water partition coefficient (Wildman–Crippen LogP) is 5.60. The summed E-state index contributed by atoms with van der Waals surface area (Å²) in [5, 5.41) is 2.46. The van der Waals surface area contributed by atoms with E-state index in [0.29, 0.717) is 11.8 Å². The van der Waals surface area contributed by atoms with Crippen LogP contribution in [-0.2, 0) is 11.8 Å². The summed E-state index contributed by atoms with van der Waals surface area (Å²) in [5.74, 6) is 0.271. The van der Waals surface area contributed by atoms with E-state index >= 15 is 0 Å². The first kappa shape index (κ1) is 20.0. The van der Waals surface area contributed by atoms with E-state index in [2.05, 4.69) is 64.4 Å². The van der Waals surface area contributed by atoms with Crippen molar-refractivity contribution in [3.8, 4) is 0 Å². The van der Waals surface area contributed by atoms with Gasteiger partial charge in [0.25, 0.3) is 0 Å². The second-order valence-corrected chi connectivity index (χ2v) is 10.0. The molecule has 0 unspecified atom stereocenters. The number of hydrogen-bond acceptors (Lipinski definition) is 3. The highest BCUT2D eigenvalue weighted by atomic mass is 16.1. The average Bonchev–Trinajstić information content (AvgIpc) is 3.35. The van der Waals surface area contributed by atoms with Gasteiger partial charge in [-0.1, -0.05) is 67.4 Å². The van der Waals surface area contributed by atoms with Gasteiger partial charge in [-0.25, -0.2) is 0 Å². The van der Waals surface area contributed by atoms with Crippen LogP contribution in [-0.4, -0.2) is 43.4 Å². The molecule has 0 bridgehead atoms.